The van der Waals surface area contributed by atoms with Crippen molar-refractivity contribution in [2.75, 3.05) is 0 Å². The van der Waals surface area contributed by atoms with E-state index >= 15 is 0 Å². The van der Waals surface area contributed by atoms with Crippen LogP contribution in [0.15, 0.2) is 36.4 Å². The number of rotatable bonds is 4. The van der Waals surface area contributed by atoms with Gasteiger partial charge in [-0.15, -0.1) is 0 Å². The van der Waals surface area contributed by atoms with Crippen molar-refractivity contribution in [1.82, 2.24) is 0 Å². The van der Waals surface area contributed by atoms with Gasteiger partial charge < -0.3 is 19.2 Å². The van der Waals surface area contributed by atoms with E-state index in [9.17, 15) is 14.7 Å². The van der Waals surface area contributed by atoms with Crippen molar-refractivity contribution in [3.8, 4) is 5.75 Å². The van der Waals surface area contributed by atoms with Crippen LogP contribution in [0.25, 0.3) is 0 Å². The van der Waals surface area contributed by atoms with Crippen LogP contribution in [-0.4, -0.2) is 14.7 Å². The van der Waals surface area contributed by atoms with Gasteiger partial charge in [-0.3, -0.25) is 0 Å². The third kappa shape index (κ3) is 5.50. The van der Waals surface area contributed by atoms with Crippen LogP contribution in [-0.2, 0) is 10.8 Å². The zero-order chi connectivity index (χ0) is 20.6. The second kappa shape index (κ2) is 8.15. The van der Waals surface area contributed by atoms with Gasteiger partial charge in [-0.2, -0.15) is 0 Å². The van der Waals surface area contributed by atoms with Crippen molar-refractivity contribution >= 4 is 27.4 Å². The maximum atomic E-state index is 10.6. The predicted octanol–water partition coefficient (Wildman–Crippen LogP) is 4.52. The molecule has 1 unspecified atom stereocenters. The van der Waals surface area contributed by atoms with Gasteiger partial charge in [-0.05, 0) is 59.2 Å². The molecule has 0 saturated heterocycles. The Morgan fingerprint density at radius 1 is 0.741 bits per heavy atom. The van der Waals surface area contributed by atoms with Crippen LogP contribution < -0.4 is 15.1 Å². The molecule has 27 heavy (non-hydrogen) atoms. The molecule has 3 N–H and O–H groups in total. The van der Waals surface area contributed by atoms with Gasteiger partial charge in [-0.1, -0.05) is 47.6 Å². The summed E-state index contributed by atoms with van der Waals surface area (Å²) in [4.78, 5) is 29.2. The summed E-state index contributed by atoms with van der Waals surface area (Å²) in [7, 11) is -3.98. The Balaban J connectivity index is 2.41. The minimum Gasteiger partial charge on any atom is -0.444 e. The number of benzene rings is 2. The fourth-order valence-electron chi connectivity index (χ4n) is 3.01. The Kier molecular flexibility index (Phi) is 6.72. The minimum absolute atomic E-state index is 0.0232. The molecule has 2 aromatic carbocycles. The Labute approximate surface area is 165 Å². The molecule has 0 aliphatic rings. The van der Waals surface area contributed by atoms with Gasteiger partial charge in [0.05, 0.1) is 0 Å². The topological polar surface area (TPSA) is 69.9 Å². The van der Waals surface area contributed by atoms with E-state index in [4.69, 9.17) is 4.52 Å². The predicted molar refractivity (Wildman–Crippen MR) is 115 cm³/mol. The lowest BCUT2D eigenvalue weighted by atomic mass is 9.78. The normalized spacial score (nSPS) is 13.7. The van der Waals surface area contributed by atoms with Crippen molar-refractivity contribution < 1.29 is 19.2 Å². The molecule has 0 aliphatic carbocycles. The lowest BCUT2D eigenvalue weighted by Crippen LogP contribution is -2.19. The molecule has 0 amide bonds. The molecule has 0 radical (unpaired) electrons. The van der Waals surface area contributed by atoms with Gasteiger partial charge in [0.25, 0.3) is 8.38 Å². The first kappa shape index (κ1) is 22.3. The van der Waals surface area contributed by atoms with Crippen LogP contribution in [0.2, 0.25) is 0 Å². The zero-order valence-electron chi connectivity index (χ0n) is 17.1. The quantitative estimate of drug-likeness (QED) is 0.651. The summed E-state index contributed by atoms with van der Waals surface area (Å²) < 4.78 is 6.01. The zero-order valence-corrected chi connectivity index (χ0v) is 18.9. The maximum absolute atomic E-state index is 10.6. The molecule has 0 saturated carbocycles. The van der Waals surface area contributed by atoms with E-state index in [1.807, 2.05) is 6.07 Å². The highest BCUT2D eigenvalue weighted by molar-refractivity contribution is 7.55. The Bertz CT molecular complexity index is 788. The van der Waals surface area contributed by atoms with E-state index < -0.39 is 16.8 Å². The fraction of sp³-hybridized carbons (Fsp3) is 0.429. The highest BCUT2D eigenvalue weighted by atomic mass is 31.2. The molecular formula is C21H30O4P2. The van der Waals surface area contributed by atoms with Crippen LogP contribution in [0.3, 0.4) is 0 Å². The van der Waals surface area contributed by atoms with Gasteiger partial charge >= 0.3 is 0 Å². The summed E-state index contributed by atoms with van der Waals surface area (Å²) in [5, 5.41) is 1.07. The molecule has 2 aromatic rings. The van der Waals surface area contributed by atoms with Crippen LogP contribution in [0.1, 0.15) is 58.2 Å². The molecular weight excluding hydrogens is 378 g/mol. The molecule has 0 spiro atoms. The first-order chi connectivity index (χ1) is 12.3. The monoisotopic (exact) mass is 408 g/mol. The summed E-state index contributed by atoms with van der Waals surface area (Å²) in [6, 6.07) is 10.8. The van der Waals surface area contributed by atoms with Crippen LogP contribution in [0.5, 0.6) is 5.75 Å². The van der Waals surface area contributed by atoms with Gasteiger partial charge in [-0.25, -0.2) is 0 Å². The molecule has 0 aliphatic heterocycles. The standard InChI is InChI=1S/C21H30O4P2/c1-14-12-19(18(21(5,6)7)13-17(14)20(2,3)4)25-27(24)16-10-8-15(9-11-16)26(22)23/h8-13,22-24H,1-7H3. The first-order valence-electron chi connectivity index (χ1n) is 8.91. The van der Waals surface area contributed by atoms with E-state index in [2.05, 4.69) is 54.5 Å². The molecule has 2 rings (SSSR count). The summed E-state index contributed by atoms with van der Waals surface area (Å²) in [6.07, 6.45) is 0. The third-order valence-corrected chi connectivity index (χ3v) is 6.30. The van der Waals surface area contributed by atoms with Crippen molar-refractivity contribution in [2.24, 2.45) is 0 Å². The SMILES string of the molecule is Cc1cc(OP(O)c2ccc(P(O)O)cc2)c(C(C)(C)C)cc1C(C)(C)C. The van der Waals surface area contributed by atoms with Gasteiger partial charge in [0, 0.05) is 16.2 Å². The molecule has 4 nitrogen and oxygen atoms in total. The number of aryl methyl sites for hydroxylation is 1. The second-order valence-electron chi connectivity index (χ2n) is 8.83. The van der Waals surface area contributed by atoms with E-state index in [1.54, 1.807) is 24.3 Å². The highest BCUT2D eigenvalue weighted by Gasteiger charge is 2.26. The maximum Gasteiger partial charge on any atom is 0.262 e. The van der Waals surface area contributed by atoms with E-state index in [0.29, 0.717) is 16.4 Å². The van der Waals surface area contributed by atoms with Crippen molar-refractivity contribution in [1.29, 1.82) is 0 Å². The summed E-state index contributed by atoms with van der Waals surface area (Å²) in [5.74, 6) is 0.692. The average Bonchev–Trinajstić information content (AvgIpc) is 2.52. The number of hydrogen-bond donors (Lipinski definition) is 3. The summed E-state index contributed by atoms with van der Waals surface area (Å²) >= 11 is 0. The summed E-state index contributed by atoms with van der Waals surface area (Å²) in [6.45, 7) is 15.1. The van der Waals surface area contributed by atoms with Crippen molar-refractivity contribution in [3.05, 3.63) is 53.1 Å². The van der Waals surface area contributed by atoms with Gasteiger partial charge in [0.1, 0.15) is 5.75 Å². The van der Waals surface area contributed by atoms with Crippen LogP contribution in [0, 0.1) is 6.92 Å². The van der Waals surface area contributed by atoms with Crippen LogP contribution >= 0.6 is 16.8 Å². The van der Waals surface area contributed by atoms with Crippen molar-refractivity contribution in [2.45, 2.75) is 59.3 Å². The van der Waals surface area contributed by atoms with Crippen LogP contribution in [0.4, 0.5) is 0 Å². The molecule has 148 valence electrons. The molecule has 0 heterocycles. The molecule has 0 fully saturated rings. The Hall–Kier alpha value is -1.02. The lowest BCUT2D eigenvalue weighted by molar-refractivity contribution is 0.476. The molecule has 0 bridgehead atoms. The summed E-state index contributed by atoms with van der Waals surface area (Å²) in [5.41, 5.74) is 3.36. The van der Waals surface area contributed by atoms with E-state index in [0.717, 1.165) is 11.1 Å². The smallest absolute Gasteiger partial charge is 0.262 e. The molecule has 6 heteroatoms. The highest BCUT2D eigenvalue weighted by Crippen LogP contribution is 2.42. The van der Waals surface area contributed by atoms with E-state index in [-0.39, 0.29) is 10.8 Å². The Morgan fingerprint density at radius 3 is 1.67 bits per heavy atom. The average molecular weight is 408 g/mol. The minimum atomic E-state index is -2.13. The Morgan fingerprint density at radius 2 is 1.22 bits per heavy atom. The third-order valence-electron chi connectivity index (χ3n) is 4.43. The largest absolute Gasteiger partial charge is 0.444 e. The fourth-order valence-corrected chi connectivity index (χ4v) is 4.27. The van der Waals surface area contributed by atoms with Gasteiger partial charge in [0.15, 0.2) is 8.38 Å². The molecule has 1 atom stereocenters. The lowest BCUT2D eigenvalue weighted by Gasteiger charge is -2.29. The van der Waals surface area contributed by atoms with Crippen molar-refractivity contribution in [3.63, 3.8) is 0 Å². The second-order valence-corrected chi connectivity index (χ2v) is 11.2. The van der Waals surface area contributed by atoms with E-state index in [1.165, 1.54) is 5.56 Å². The first-order valence-corrected chi connectivity index (χ1v) is 11.4. The molecule has 0 aromatic heterocycles. The number of hydrogen-bond acceptors (Lipinski definition) is 4. The van der Waals surface area contributed by atoms with Gasteiger partial charge in [0.2, 0.25) is 0 Å².